The zero-order valence-electron chi connectivity index (χ0n) is 11.2. The maximum atomic E-state index is 10.9. The van der Waals surface area contributed by atoms with E-state index >= 15 is 0 Å². The maximum Gasteiger partial charge on any atom is 0.274 e. The van der Waals surface area contributed by atoms with Crippen molar-refractivity contribution in [3.8, 4) is 0 Å². The van der Waals surface area contributed by atoms with Gasteiger partial charge in [0.05, 0.1) is 4.92 Å². The van der Waals surface area contributed by atoms with Crippen molar-refractivity contribution in [2.24, 2.45) is 0 Å². The lowest BCUT2D eigenvalue weighted by atomic mass is 10.2. The minimum absolute atomic E-state index is 0.156. The van der Waals surface area contributed by atoms with E-state index in [2.05, 4.69) is 25.2 Å². The molecule has 100 valence electrons. The van der Waals surface area contributed by atoms with Crippen molar-refractivity contribution in [2.45, 2.75) is 27.3 Å². The molecule has 0 fully saturated rings. The Morgan fingerprint density at radius 3 is 2.53 bits per heavy atom. The van der Waals surface area contributed by atoms with Gasteiger partial charge in [0, 0.05) is 33.6 Å². The molecule has 19 heavy (non-hydrogen) atoms. The van der Waals surface area contributed by atoms with E-state index in [1.807, 2.05) is 6.07 Å². The number of nitro benzene ring substituents is 1. The third kappa shape index (κ3) is 3.12. The van der Waals surface area contributed by atoms with Gasteiger partial charge < -0.3 is 5.32 Å². The molecule has 1 aromatic heterocycles. The van der Waals surface area contributed by atoms with Gasteiger partial charge in [0.1, 0.15) is 0 Å². The molecular formula is C14H16N2O2S. The van der Waals surface area contributed by atoms with Gasteiger partial charge in [-0.1, -0.05) is 6.07 Å². The predicted octanol–water partition coefficient (Wildman–Crippen LogP) is 4.19. The number of nitro groups is 1. The summed E-state index contributed by atoms with van der Waals surface area (Å²) in [6.07, 6.45) is 0. The topological polar surface area (TPSA) is 55.2 Å². The number of nitrogens with zero attached hydrogens (tertiary/aromatic N) is 1. The first-order valence-corrected chi connectivity index (χ1v) is 6.84. The van der Waals surface area contributed by atoms with E-state index in [0.717, 1.165) is 5.69 Å². The maximum absolute atomic E-state index is 10.9. The third-order valence-corrected chi connectivity index (χ3v) is 4.24. The van der Waals surface area contributed by atoms with Crippen LogP contribution in [-0.4, -0.2) is 4.92 Å². The monoisotopic (exact) mass is 276 g/mol. The molecule has 0 aliphatic carbocycles. The van der Waals surface area contributed by atoms with Crippen LogP contribution < -0.4 is 5.32 Å². The quantitative estimate of drug-likeness (QED) is 0.672. The zero-order chi connectivity index (χ0) is 14.0. The molecule has 0 unspecified atom stereocenters. The molecule has 1 N–H and O–H groups in total. The normalized spacial score (nSPS) is 10.5. The van der Waals surface area contributed by atoms with Gasteiger partial charge in [-0.05, 0) is 38.5 Å². The first-order valence-electron chi connectivity index (χ1n) is 6.02. The third-order valence-electron chi connectivity index (χ3n) is 3.09. The molecule has 0 amide bonds. The molecule has 0 spiro atoms. The summed E-state index contributed by atoms with van der Waals surface area (Å²) in [5.41, 5.74) is 2.90. The van der Waals surface area contributed by atoms with Crippen LogP contribution in [0.15, 0.2) is 24.3 Å². The first-order chi connectivity index (χ1) is 8.97. The molecule has 5 heteroatoms. The van der Waals surface area contributed by atoms with E-state index in [1.165, 1.54) is 15.3 Å². The molecule has 0 saturated heterocycles. The number of hydrogen-bond acceptors (Lipinski definition) is 4. The van der Waals surface area contributed by atoms with E-state index in [4.69, 9.17) is 0 Å². The van der Waals surface area contributed by atoms with Crippen LogP contribution in [0.25, 0.3) is 0 Å². The summed E-state index contributed by atoms with van der Waals surface area (Å²) in [5, 5.41) is 14.1. The lowest BCUT2D eigenvalue weighted by Crippen LogP contribution is -1.99. The Kier molecular flexibility index (Phi) is 3.85. The number of nitrogens with one attached hydrogen (secondary N) is 1. The second-order valence-corrected chi connectivity index (χ2v) is 5.90. The van der Waals surface area contributed by atoms with Gasteiger partial charge in [-0.3, -0.25) is 10.1 Å². The number of hydrogen-bond donors (Lipinski definition) is 1. The molecule has 4 nitrogen and oxygen atoms in total. The minimum atomic E-state index is -0.347. The van der Waals surface area contributed by atoms with Crippen molar-refractivity contribution >= 4 is 22.7 Å². The predicted molar refractivity (Wildman–Crippen MR) is 79.0 cm³/mol. The molecule has 1 aromatic carbocycles. The fourth-order valence-electron chi connectivity index (χ4n) is 1.84. The molecular weight excluding hydrogens is 260 g/mol. The van der Waals surface area contributed by atoms with Crippen LogP contribution in [0, 0.1) is 30.9 Å². The molecule has 2 aromatic rings. The Morgan fingerprint density at radius 2 is 1.95 bits per heavy atom. The molecule has 0 aliphatic rings. The number of thiophene rings is 1. The molecule has 0 bridgehead atoms. The standard InChI is InChI=1S/C14H16N2O2S/c1-9-4-5-12(7-14(9)16(17)18)15-8-13-6-10(2)11(3)19-13/h4-7,15H,8H2,1-3H3. The summed E-state index contributed by atoms with van der Waals surface area (Å²) in [6, 6.07) is 7.37. The molecule has 2 rings (SSSR count). The summed E-state index contributed by atoms with van der Waals surface area (Å²) in [6.45, 7) is 6.62. The Bertz CT molecular complexity index is 600. The van der Waals surface area contributed by atoms with Gasteiger partial charge in [0.25, 0.3) is 5.69 Å². The number of anilines is 1. The second-order valence-electron chi connectivity index (χ2n) is 4.56. The van der Waals surface area contributed by atoms with Crippen LogP contribution >= 0.6 is 11.3 Å². The summed E-state index contributed by atoms with van der Waals surface area (Å²) >= 11 is 1.75. The fraction of sp³-hybridized carbons (Fsp3) is 0.286. The van der Waals surface area contributed by atoms with Gasteiger partial charge in [-0.15, -0.1) is 11.3 Å². The Labute approximate surface area is 116 Å². The fourth-order valence-corrected chi connectivity index (χ4v) is 2.84. The van der Waals surface area contributed by atoms with Gasteiger partial charge in [-0.25, -0.2) is 0 Å². The highest BCUT2D eigenvalue weighted by Crippen LogP contribution is 2.24. The smallest absolute Gasteiger partial charge is 0.274 e. The van der Waals surface area contributed by atoms with E-state index < -0.39 is 0 Å². The highest BCUT2D eigenvalue weighted by molar-refractivity contribution is 7.12. The first kappa shape index (κ1) is 13.5. The van der Waals surface area contributed by atoms with Gasteiger partial charge >= 0.3 is 0 Å². The SMILES string of the molecule is Cc1ccc(NCc2cc(C)c(C)s2)cc1[N+](=O)[O-]. The average molecular weight is 276 g/mol. The van der Waals surface area contributed by atoms with Crippen molar-refractivity contribution in [1.29, 1.82) is 0 Å². The Balaban J connectivity index is 2.11. The van der Waals surface area contributed by atoms with Crippen LogP contribution in [0.5, 0.6) is 0 Å². The van der Waals surface area contributed by atoms with E-state index in [0.29, 0.717) is 12.1 Å². The van der Waals surface area contributed by atoms with E-state index in [9.17, 15) is 10.1 Å². The highest BCUT2D eigenvalue weighted by Gasteiger charge is 2.11. The summed E-state index contributed by atoms with van der Waals surface area (Å²) in [7, 11) is 0. The van der Waals surface area contributed by atoms with E-state index in [-0.39, 0.29) is 10.6 Å². The van der Waals surface area contributed by atoms with Gasteiger partial charge in [0.15, 0.2) is 0 Å². The van der Waals surface area contributed by atoms with Crippen molar-refractivity contribution < 1.29 is 4.92 Å². The van der Waals surface area contributed by atoms with Gasteiger partial charge in [0.2, 0.25) is 0 Å². The molecule has 0 radical (unpaired) electrons. The van der Waals surface area contributed by atoms with Crippen molar-refractivity contribution in [3.63, 3.8) is 0 Å². The van der Waals surface area contributed by atoms with Crippen LogP contribution in [0.1, 0.15) is 20.9 Å². The van der Waals surface area contributed by atoms with Crippen LogP contribution in [0.4, 0.5) is 11.4 Å². The van der Waals surface area contributed by atoms with Crippen LogP contribution in [0.3, 0.4) is 0 Å². The number of aryl methyl sites for hydroxylation is 3. The van der Waals surface area contributed by atoms with Crippen LogP contribution in [-0.2, 0) is 6.54 Å². The Morgan fingerprint density at radius 1 is 1.21 bits per heavy atom. The lowest BCUT2D eigenvalue weighted by Gasteiger charge is -2.05. The van der Waals surface area contributed by atoms with Crippen molar-refractivity contribution in [3.05, 3.63) is 55.3 Å². The zero-order valence-corrected chi connectivity index (χ0v) is 12.0. The molecule has 0 saturated carbocycles. The van der Waals surface area contributed by atoms with Crippen molar-refractivity contribution in [1.82, 2.24) is 0 Å². The second kappa shape index (κ2) is 5.40. The minimum Gasteiger partial charge on any atom is -0.380 e. The lowest BCUT2D eigenvalue weighted by molar-refractivity contribution is -0.385. The highest BCUT2D eigenvalue weighted by atomic mass is 32.1. The summed E-state index contributed by atoms with van der Waals surface area (Å²) in [4.78, 5) is 13.1. The van der Waals surface area contributed by atoms with E-state index in [1.54, 1.807) is 30.4 Å². The van der Waals surface area contributed by atoms with Crippen LogP contribution in [0.2, 0.25) is 0 Å². The summed E-state index contributed by atoms with van der Waals surface area (Å²) in [5.74, 6) is 0. The van der Waals surface area contributed by atoms with Gasteiger partial charge in [-0.2, -0.15) is 0 Å². The molecule has 0 aliphatic heterocycles. The number of benzene rings is 1. The average Bonchev–Trinajstić information content (AvgIpc) is 2.67. The van der Waals surface area contributed by atoms with Crippen molar-refractivity contribution in [2.75, 3.05) is 5.32 Å². The largest absolute Gasteiger partial charge is 0.380 e. The molecule has 1 heterocycles. The Hall–Kier alpha value is -1.88. The number of rotatable bonds is 4. The molecule has 0 atom stereocenters. The summed E-state index contributed by atoms with van der Waals surface area (Å²) < 4.78 is 0.